The van der Waals surface area contributed by atoms with E-state index in [1.807, 2.05) is 0 Å². The van der Waals surface area contributed by atoms with Gasteiger partial charge in [0.2, 0.25) is 0 Å². The maximum absolute atomic E-state index is 12.0. The van der Waals surface area contributed by atoms with Crippen LogP contribution in [0.25, 0.3) is 11.1 Å². The number of carbonyl (C=O) groups is 2. The lowest BCUT2D eigenvalue weighted by molar-refractivity contribution is -0.384. The van der Waals surface area contributed by atoms with Gasteiger partial charge in [0, 0.05) is 16.7 Å². The van der Waals surface area contributed by atoms with Crippen molar-refractivity contribution in [3.63, 3.8) is 0 Å². The number of benzene rings is 2. The standard InChI is InChI=1S/C17H12Br2ClNO4/c1-9-12(15(23)8-19)6-13(20)16(17(9)21(24)25)11-4-2-10(3-5-11)14(22)7-18/h2-6H,7-8H2,1H3. The van der Waals surface area contributed by atoms with Gasteiger partial charge in [0.1, 0.15) is 0 Å². The number of nitrogens with zero attached hydrogens (tertiary/aromatic N) is 1. The molecular weight excluding hydrogens is 477 g/mol. The van der Waals surface area contributed by atoms with Crippen molar-refractivity contribution in [1.82, 2.24) is 0 Å². The molecule has 25 heavy (non-hydrogen) atoms. The summed E-state index contributed by atoms with van der Waals surface area (Å²) in [5.74, 6) is -0.381. The van der Waals surface area contributed by atoms with E-state index in [-0.39, 0.29) is 49.6 Å². The first-order chi connectivity index (χ1) is 11.8. The predicted molar refractivity (Wildman–Crippen MR) is 105 cm³/mol. The number of rotatable bonds is 6. The first-order valence-corrected chi connectivity index (χ1v) is 9.70. The first kappa shape index (κ1) is 19.8. The summed E-state index contributed by atoms with van der Waals surface area (Å²) in [5, 5.41) is 12.0. The Hall–Kier alpha value is -1.57. The lowest BCUT2D eigenvalue weighted by Crippen LogP contribution is -2.07. The summed E-state index contributed by atoms with van der Waals surface area (Å²) in [7, 11) is 0. The fourth-order valence-electron chi connectivity index (χ4n) is 2.50. The van der Waals surface area contributed by atoms with Gasteiger partial charge in [0.15, 0.2) is 11.6 Å². The number of ketones is 2. The van der Waals surface area contributed by atoms with Gasteiger partial charge in [0.25, 0.3) is 5.69 Å². The summed E-state index contributed by atoms with van der Waals surface area (Å²) in [6.45, 7) is 1.52. The van der Waals surface area contributed by atoms with Crippen LogP contribution in [0, 0.1) is 17.0 Å². The molecule has 0 spiro atoms. The zero-order valence-electron chi connectivity index (χ0n) is 13.0. The monoisotopic (exact) mass is 487 g/mol. The topological polar surface area (TPSA) is 77.3 Å². The largest absolute Gasteiger partial charge is 0.293 e. The number of hydrogen-bond donors (Lipinski definition) is 0. The van der Waals surface area contributed by atoms with E-state index >= 15 is 0 Å². The molecule has 2 aromatic carbocycles. The van der Waals surface area contributed by atoms with Gasteiger partial charge in [-0.25, -0.2) is 0 Å². The third-order valence-corrected chi connectivity index (χ3v) is 5.04. The number of Topliss-reactive ketones (excluding diaryl/α,β-unsaturated/α-hetero) is 2. The maximum atomic E-state index is 12.0. The lowest BCUT2D eigenvalue weighted by Gasteiger charge is -2.12. The molecule has 5 nitrogen and oxygen atoms in total. The van der Waals surface area contributed by atoms with Gasteiger partial charge < -0.3 is 0 Å². The summed E-state index contributed by atoms with van der Waals surface area (Å²) in [6.07, 6.45) is 0. The average Bonchev–Trinajstić information content (AvgIpc) is 2.61. The third-order valence-electron chi connectivity index (χ3n) is 3.73. The van der Waals surface area contributed by atoms with Gasteiger partial charge >= 0.3 is 0 Å². The minimum absolute atomic E-state index is 0.0457. The fraction of sp³-hybridized carbons (Fsp3) is 0.176. The van der Waals surface area contributed by atoms with Gasteiger partial charge in [-0.1, -0.05) is 67.7 Å². The summed E-state index contributed by atoms with van der Waals surface area (Å²) < 4.78 is 0. The minimum Gasteiger partial charge on any atom is -0.293 e. The second-order valence-corrected chi connectivity index (χ2v) is 6.73. The molecule has 0 bridgehead atoms. The molecular formula is C17H12Br2ClNO4. The first-order valence-electron chi connectivity index (χ1n) is 7.08. The second kappa shape index (κ2) is 8.21. The third kappa shape index (κ3) is 3.99. The number of carbonyl (C=O) groups excluding carboxylic acids is 2. The van der Waals surface area contributed by atoms with Crippen LogP contribution in [0.15, 0.2) is 30.3 Å². The van der Waals surface area contributed by atoms with E-state index in [1.54, 1.807) is 24.3 Å². The Morgan fingerprint density at radius 3 is 2.16 bits per heavy atom. The van der Waals surface area contributed by atoms with Crippen molar-refractivity contribution >= 4 is 60.7 Å². The zero-order chi connectivity index (χ0) is 18.7. The Morgan fingerprint density at radius 1 is 1.12 bits per heavy atom. The van der Waals surface area contributed by atoms with Crippen molar-refractivity contribution in [2.45, 2.75) is 6.92 Å². The zero-order valence-corrected chi connectivity index (χ0v) is 16.9. The van der Waals surface area contributed by atoms with Crippen LogP contribution in [-0.4, -0.2) is 27.1 Å². The second-order valence-electron chi connectivity index (χ2n) is 5.20. The summed E-state index contributed by atoms with van der Waals surface area (Å²) >= 11 is 12.4. The number of hydrogen-bond acceptors (Lipinski definition) is 4. The molecule has 0 N–H and O–H groups in total. The molecule has 0 aliphatic heterocycles. The normalized spacial score (nSPS) is 10.6. The van der Waals surface area contributed by atoms with E-state index in [0.29, 0.717) is 11.1 Å². The fourth-order valence-corrected chi connectivity index (χ4v) is 3.43. The van der Waals surface area contributed by atoms with Crippen molar-refractivity contribution in [2.24, 2.45) is 0 Å². The molecule has 0 aliphatic rings. The van der Waals surface area contributed by atoms with Crippen LogP contribution in [0.3, 0.4) is 0 Å². The van der Waals surface area contributed by atoms with Crippen molar-refractivity contribution < 1.29 is 14.5 Å². The van der Waals surface area contributed by atoms with E-state index in [2.05, 4.69) is 31.9 Å². The van der Waals surface area contributed by atoms with Crippen LogP contribution in [0.4, 0.5) is 5.69 Å². The highest BCUT2D eigenvalue weighted by Crippen LogP contribution is 2.40. The van der Waals surface area contributed by atoms with Crippen molar-refractivity contribution in [1.29, 1.82) is 0 Å². The predicted octanol–water partition coefficient (Wildman–Crippen LogP) is 5.38. The van der Waals surface area contributed by atoms with Crippen LogP contribution < -0.4 is 0 Å². The van der Waals surface area contributed by atoms with Gasteiger partial charge in [0.05, 0.1) is 26.2 Å². The molecule has 2 aromatic rings. The van der Waals surface area contributed by atoms with E-state index in [9.17, 15) is 19.7 Å². The lowest BCUT2D eigenvalue weighted by atomic mass is 9.94. The number of alkyl halides is 2. The van der Waals surface area contributed by atoms with Crippen molar-refractivity contribution in [3.8, 4) is 11.1 Å². The molecule has 0 saturated heterocycles. The highest BCUT2D eigenvalue weighted by Gasteiger charge is 2.27. The van der Waals surface area contributed by atoms with Gasteiger partial charge in [-0.2, -0.15) is 0 Å². The molecule has 0 unspecified atom stereocenters. The SMILES string of the molecule is Cc1c(C(=O)CBr)cc(Cl)c(-c2ccc(C(=O)CBr)cc2)c1[N+](=O)[O-]. The number of nitro groups is 1. The van der Waals surface area contributed by atoms with E-state index in [0.717, 1.165) is 0 Å². The Labute approximate surface area is 165 Å². The Kier molecular flexibility index (Phi) is 6.48. The van der Waals surface area contributed by atoms with Gasteiger partial charge in [-0.15, -0.1) is 0 Å². The van der Waals surface area contributed by atoms with E-state index in [4.69, 9.17) is 11.6 Å². The number of nitro benzene ring substituents is 1. The highest BCUT2D eigenvalue weighted by atomic mass is 79.9. The Balaban J connectivity index is 2.69. The van der Waals surface area contributed by atoms with Crippen LogP contribution >= 0.6 is 43.5 Å². The maximum Gasteiger partial charge on any atom is 0.282 e. The molecule has 0 fully saturated rings. The van der Waals surface area contributed by atoms with Gasteiger partial charge in [-0.05, 0) is 18.6 Å². The van der Waals surface area contributed by atoms with Crippen molar-refractivity contribution in [3.05, 3.63) is 62.2 Å². The molecule has 0 aromatic heterocycles. The molecule has 130 valence electrons. The Bertz CT molecular complexity index is 866. The molecule has 0 aliphatic carbocycles. The summed E-state index contributed by atoms with van der Waals surface area (Å²) in [4.78, 5) is 34.8. The van der Waals surface area contributed by atoms with Crippen molar-refractivity contribution in [2.75, 3.05) is 10.7 Å². The van der Waals surface area contributed by atoms with Crippen LogP contribution in [0.5, 0.6) is 0 Å². The quantitative estimate of drug-likeness (QED) is 0.236. The smallest absolute Gasteiger partial charge is 0.282 e. The number of halogens is 3. The molecule has 0 radical (unpaired) electrons. The molecule has 0 atom stereocenters. The summed E-state index contributed by atoms with van der Waals surface area (Å²) in [5.41, 5.74) is 1.48. The Morgan fingerprint density at radius 2 is 1.68 bits per heavy atom. The van der Waals surface area contributed by atoms with E-state index < -0.39 is 4.92 Å². The molecule has 0 heterocycles. The minimum atomic E-state index is -0.543. The molecule has 8 heteroatoms. The highest BCUT2D eigenvalue weighted by molar-refractivity contribution is 9.09. The molecule has 2 rings (SSSR count). The average molecular weight is 490 g/mol. The molecule has 0 amide bonds. The van der Waals surface area contributed by atoms with E-state index in [1.165, 1.54) is 13.0 Å². The van der Waals surface area contributed by atoms with Gasteiger partial charge in [-0.3, -0.25) is 19.7 Å². The van der Waals surface area contributed by atoms with Crippen LogP contribution in [0.1, 0.15) is 26.3 Å². The van der Waals surface area contributed by atoms with Crippen LogP contribution in [-0.2, 0) is 0 Å². The summed E-state index contributed by atoms with van der Waals surface area (Å²) in [6, 6.07) is 7.84. The molecule has 0 saturated carbocycles. The van der Waals surface area contributed by atoms with Crippen LogP contribution in [0.2, 0.25) is 5.02 Å².